The van der Waals surface area contributed by atoms with Crippen LogP contribution in [0, 0.1) is 11.3 Å². The molecule has 0 aromatic carbocycles. The molecule has 1 heterocycles. The number of hydrogen-bond acceptors (Lipinski definition) is 3. The van der Waals surface area contributed by atoms with Crippen molar-refractivity contribution >= 4 is 28.9 Å². The predicted molar refractivity (Wildman–Crippen MR) is 47.7 cm³/mol. The van der Waals surface area contributed by atoms with Crippen molar-refractivity contribution in [2.24, 2.45) is 4.99 Å². The Morgan fingerprint density at radius 3 is 3.00 bits per heavy atom. The number of nitrogens with one attached hydrogen (secondary N) is 1. The number of rotatable bonds is 0. The summed E-state index contributed by atoms with van der Waals surface area (Å²) in [5.74, 6) is 0. The Kier molecular flexibility index (Phi) is 1.94. The van der Waals surface area contributed by atoms with E-state index < -0.39 is 5.54 Å². The van der Waals surface area contributed by atoms with Crippen LogP contribution in [0.15, 0.2) is 14.8 Å². The largest absolute Gasteiger partial charge is 0.355 e. The molecule has 0 saturated heterocycles. The molecule has 10 heavy (non-hydrogen) atoms. The molecule has 1 rings (SSSR count). The van der Waals surface area contributed by atoms with Gasteiger partial charge >= 0.3 is 0 Å². The van der Waals surface area contributed by atoms with Gasteiger partial charge in [-0.2, -0.15) is 5.26 Å². The van der Waals surface area contributed by atoms with Crippen LogP contribution in [0.2, 0.25) is 0 Å². The SMILES string of the molecule is CC1(C#N)C=C(I)N=CN1. The molecule has 0 amide bonds. The van der Waals surface area contributed by atoms with Crippen LogP contribution < -0.4 is 5.32 Å². The minimum atomic E-state index is -0.571. The Hall–Kier alpha value is -0.570. The van der Waals surface area contributed by atoms with Crippen LogP contribution in [-0.2, 0) is 0 Å². The molecular weight excluding hydrogens is 241 g/mol. The fourth-order valence-electron chi connectivity index (χ4n) is 0.610. The maximum absolute atomic E-state index is 8.65. The molecule has 0 saturated carbocycles. The van der Waals surface area contributed by atoms with E-state index >= 15 is 0 Å². The van der Waals surface area contributed by atoms with E-state index in [9.17, 15) is 0 Å². The molecule has 1 aliphatic rings. The monoisotopic (exact) mass is 247 g/mol. The van der Waals surface area contributed by atoms with Gasteiger partial charge in [0.15, 0.2) is 0 Å². The molecule has 3 nitrogen and oxygen atoms in total. The highest BCUT2D eigenvalue weighted by Gasteiger charge is 2.21. The van der Waals surface area contributed by atoms with Crippen LogP contribution in [0.5, 0.6) is 0 Å². The Balaban J connectivity index is 2.89. The minimum Gasteiger partial charge on any atom is -0.355 e. The number of aliphatic imine (C=N–C) groups is 1. The number of halogens is 1. The molecule has 1 atom stereocenters. The van der Waals surface area contributed by atoms with E-state index in [0.29, 0.717) is 0 Å². The third-order valence-electron chi connectivity index (χ3n) is 1.19. The van der Waals surface area contributed by atoms with Gasteiger partial charge in [-0.25, -0.2) is 4.99 Å². The number of nitrogens with zero attached hydrogens (tertiary/aromatic N) is 2. The second-order valence-corrected chi connectivity index (χ2v) is 3.29. The first-order valence-corrected chi connectivity index (χ1v) is 3.84. The van der Waals surface area contributed by atoms with Gasteiger partial charge in [-0.1, -0.05) is 0 Å². The molecule has 0 radical (unpaired) electrons. The van der Waals surface area contributed by atoms with E-state index in [4.69, 9.17) is 5.26 Å². The summed E-state index contributed by atoms with van der Waals surface area (Å²) in [6.07, 6.45) is 3.33. The first kappa shape index (κ1) is 7.54. The summed E-state index contributed by atoms with van der Waals surface area (Å²) >= 11 is 2.08. The van der Waals surface area contributed by atoms with E-state index in [1.165, 1.54) is 0 Å². The standard InChI is InChI=1S/C6H6IN3/c1-6(3-8)2-5(7)9-4-10-6/h2,4H,1H3,(H,9,10). The maximum Gasteiger partial charge on any atom is 0.144 e. The van der Waals surface area contributed by atoms with E-state index in [-0.39, 0.29) is 0 Å². The Morgan fingerprint density at radius 2 is 2.60 bits per heavy atom. The average molecular weight is 247 g/mol. The lowest BCUT2D eigenvalue weighted by molar-refractivity contribution is 0.658. The fourth-order valence-corrected chi connectivity index (χ4v) is 1.37. The molecule has 4 heteroatoms. The smallest absolute Gasteiger partial charge is 0.144 e. The topological polar surface area (TPSA) is 48.2 Å². The lowest BCUT2D eigenvalue weighted by atomic mass is 10.1. The molecule has 0 aromatic rings. The average Bonchev–Trinajstić information content (AvgIpc) is 1.88. The molecule has 0 aliphatic carbocycles. The maximum atomic E-state index is 8.65. The summed E-state index contributed by atoms with van der Waals surface area (Å²) in [6, 6.07) is 2.13. The van der Waals surface area contributed by atoms with Crippen molar-refractivity contribution in [3.63, 3.8) is 0 Å². The minimum absolute atomic E-state index is 0.571. The summed E-state index contributed by atoms with van der Waals surface area (Å²) in [5, 5.41) is 11.5. The van der Waals surface area contributed by atoms with Crippen LogP contribution >= 0.6 is 22.6 Å². The summed E-state index contributed by atoms with van der Waals surface area (Å²) < 4.78 is 0.848. The second kappa shape index (κ2) is 2.58. The summed E-state index contributed by atoms with van der Waals surface area (Å²) in [7, 11) is 0. The summed E-state index contributed by atoms with van der Waals surface area (Å²) in [5.41, 5.74) is -0.571. The lowest BCUT2D eigenvalue weighted by Crippen LogP contribution is -2.39. The highest BCUT2D eigenvalue weighted by molar-refractivity contribution is 14.1. The Bertz CT molecular complexity index is 238. The van der Waals surface area contributed by atoms with Crippen LogP contribution in [0.25, 0.3) is 0 Å². The third-order valence-corrected chi connectivity index (χ3v) is 1.78. The summed E-state index contributed by atoms with van der Waals surface area (Å²) in [4.78, 5) is 3.93. The molecule has 0 spiro atoms. The van der Waals surface area contributed by atoms with Crippen molar-refractivity contribution in [2.45, 2.75) is 12.5 Å². The van der Waals surface area contributed by atoms with Gasteiger partial charge in [-0.3, -0.25) is 0 Å². The van der Waals surface area contributed by atoms with E-state index in [1.807, 2.05) is 0 Å². The first-order valence-electron chi connectivity index (χ1n) is 2.76. The molecule has 1 aliphatic heterocycles. The van der Waals surface area contributed by atoms with Crippen LogP contribution in [0.1, 0.15) is 6.92 Å². The number of hydrogen-bond donors (Lipinski definition) is 1. The molecule has 0 aromatic heterocycles. The van der Waals surface area contributed by atoms with Gasteiger partial charge in [0.2, 0.25) is 0 Å². The van der Waals surface area contributed by atoms with Crippen LogP contribution in [0.4, 0.5) is 0 Å². The van der Waals surface area contributed by atoms with Gasteiger partial charge in [0.05, 0.1) is 12.4 Å². The highest BCUT2D eigenvalue weighted by atomic mass is 127. The fraction of sp³-hybridized carbons (Fsp3) is 0.333. The van der Waals surface area contributed by atoms with Crippen LogP contribution in [-0.4, -0.2) is 11.9 Å². The zero-order valence-corrected chi connectivity index (χ0v) is 7.58. The highest BCUT2D eigenvalue weighted by Crippen LogP contribution is 2.16. The molecule has 1 unspecified atom stereocenters. The predicted octanol–water partition coefficient (Wildman–Crippen LogP) is 1.18. The van der Waals surface area contributed by atoms with E-state index in [2.05, 4.69) is 39.0 Å². The summed E-state index contributed by atoms with van der Waals surface area (Å²) in [6.45, 7) is 1.80. The molecule has 0 bridgehead atoms. The molecule has 52 valence electrons. The third kappa shape index (κ3) is 1.48. The second-order valence-electron chi connectivity index (χ2n) is 2.18. The van der Waals surface area contributed by atoms with Crippen molar-refractivity contribution in [2.75, 3.05) is 0 Å². The van der Waals surface area contributed by atoms with E-state index in [1.54, 1.807) is 19.3 Å². The molecular formula is C6H6IN3. The van der Waals surface area contributed by atoms with Gasteiger partial charge in [-0.05, 0) is 35.6 Å². The van der Waals surface area contributed by atoms with Crippen molar-refractivity contribution in [3.8, 4) is 6.07 Å². The Morgan fingerprint density at radius 1 is 1.90 bits per heavy atom. The zero-order valence-electron chi connectivity index (χ0n) is 5.43. The van der Waals surface area contributed by atoms with Gasteiger partial charge in [0.1, 0.15) is 9.24 Å². The van der Waals surface area contributed by atoms with Crippen molar-refractivity contribution < 1.29 is 0 Å². The van der Waals surface area contributed by atoms with Crippen molar-refractivity contribution in [1.82, 2.24) is 5.32 Å². The van der Waals surface area contributed by atoms with E-state index in [0.717, 1.165) is 3.70 Å². The van der Waals surface area contributed by atoms with Crippen molar-refractivity contribution in [3.05, 3.63) is 9.78 Å². The normalized spacial score (nSPS) is 30.3. The van der Waals surface area contributed by atoms with Gasteiger partial charge in [0.25, 0.3) is 0 Å². The van der Waals surface area contributed by atoms with Crippen molar-refractivity contribution in [1.29, 1.82) is 5.26 Å². The van der Waals surface area contributed by atoms with Gasteiger partial charge < -0.3 is 5.32 Å². The lowest BCUT2D eigenvalue weighted by Gasteiger charge is -2.19. The number of nitriles is 1. The quantitative estimate of drug-likeness (QED) is 0.516. The first-order chi connectivity index (χ1) is 4.66. The van der Waals surface area contributed by atoms with Gasteiger partial charge in [-0.15, -0.1) is 0 Å². The molecule has 0 fully saturated rings. The van der Waals surface area contributed by atoms with Gasteiger partial charge in [0, 0.05) is 0 Å². The van der Waals surface area contributed by atoms with Crippen LogP contribution in [0.3, 0.4) is 0 Å². The zero-order chi connectivity index (χ0) is 7.61. The Labute approximate surface area is 73.0 Å². The molecule has 1 N–H and O–H groups in total.